The molecule has 0 saturated carbocycles. The minimum atomic E-state index is -1.31. The molecule has 1 aliphatic rings. The Kier molecular flexibility index (Phi) is 6.62. The number of hydrogen-bond donors (Lipinski definition) is 2. The van der Waals surface area contributed by atoms with Gasteiger partial charge in [0.25, 0.3) is 5.91 Å². The molecule has 0 aromatic heterocycles. The van der Waals surface area contributed by atoms with Crippen LogP contribution in [0.4, 0.5) is 5.69 Å². The lowest BCUT2D eigenvalue weighted by Crippen LogP contribution is -2.28. The van der Waals surface area contributed by atoms with Crippen LogP contribution in [0.1, 0.15) is 33.2 Å². The van der Waals surface area contributed by atoms with E-state index in [4.69, 9.17) is 21.7 Å². The van der Waals surface area contributed by atoms with Crippen LogP contribution in [0.3, 0.4) is 0 Å². The molecule has 2 N–H and O–H groups in total. The number of carboxylic acids is 2. The van der Waals surface area contributed by atoms with Gasteiger partial charge in [0, 0.05) is 0 Å². The van der Waals surface area contributed by atoms with Crippen LogP contribution in [-0.2, 0) is 4.79 Å². The van der Waals surface area contributed by atoms with Crippen molar-refractivity contribution in [3.8, 4) is 11.5 Å². The van der Waals surface area contributed by atoms with Crippen LogP contribution in [0.5, 0.6) is 11.5 Å². The summed E-state index contributed by atoms with van der Waals surface area (Å²) in [7, 11) is 1.51. The number of carboxylic acid groups (broad SMARTS) is 2. The van der Waals surface area contributed by atoms with Gasteiger partial charge in [-0.05, 0) is 48.9 Å². The minimum Gasteiger partial charge on any atom is -0.493 e. The number of thiocarbonyl (C=S) groups is 1. The number of ether oxygens (including phenoxy) is 2. The maximum atomic E-state index is 13.0. The van der Waals surface area contributed by atoms with Crippen molar-refractivity contribution in [2.24, 2.45) is 0 Å². The number of amides is 1. The number of carbonyl (C=O) groups is 3. The Hall–Kier alpha value is -3.37. The van der Waals surface area contributed by atoms with E-state index >= 15 is 0 Å². The van der Waals surface area contributed by atoms with Crippen LogP contribution >= 0.6 is 24.0 Å². The van der Waals surface area contributed by atoms with E-state index < -0.39 is 17.8 Å². The van der Waals surface area contributed by atoms with E-state index in [0.717, 1.165) is 22.7 Å². The first-order valence-corrected chi connectivity index (χ1v) is 10.2. The molecule has 0 spiro atoms. The fraction of sp³-hybridized carbons (Fsp3) is 0.143. The molecule has 1 heterocycles. The SMILES string of the molecule is CCOc1ccc(/C=C2\SC(=S)N(c3cc(C(=O)O)cc(C(=O)O)c3)C2=O)cc1OC. The smallest absolute Gasteiger partial charge is 0.335 e. The molecule has 0 aliphatic carbocycles. The van der Waals surface area contributed by atoms with Crippen molar-refractivity contribution < 1.29 is 34.1 Å². The van der Waals surface area contributed by atoms with Crippen molar-refractivity contribution in [1.29, 1.82) is 0 Å². The van der Waals surface area contributed by atoms with Gasteiger partial charge in [0.2, 0.25) is 0 Å². The second-order valence-corrected chi connectivity index (χ2v) is 7.92. The number of anilines is 1. The lowest BCUT2D eigenvalue weighted by molar-refractivity contribution is -0.113. The highest BCUT2D eigenvalue weighted by molar-refractivity contribution is 8.27. The molecule has 0 radical (unpaired) electrons. The Bertz CT molecular complexity index is 1090. The lowest BCUT2D eigenvalue weighted by atomic mass is 10.1. The van der Waals surface area contributed by atoms with E-state index in [0.29, 0.717) is 28.6 Å². The van der Waals surface area contributed by atoms with Crippen LogP contribution in [0, 0.1) is 0 Å². The van der Waals surface area contributed by atoms with Gasteiger partial charge in [0.1, 0.15) is 0 Å². The molecule has 0 atom stereocenters. The number of nitrogens with zero attached hydrogens (tertiary/aromatic N) is 1. The van der Waals surface area contributed by atoms with Gasteiger partial charge < -0.3 is 19.7 Å². The van der Waals surface area contributed by atoms with Crippen molar-refractivity contribution in [1.82, 2.24) is 0 Å². The molecular weight excluding hydrogens is 442 g/mol. The first kappa shape index (κ1) is 22.3. The fourth-order valence-electron chi connectivity index (χ4n) is 2.88. The van der Waals surface area contributed by atoms with Crippen LogP contribution in [0.15, 0.2) is 41.3 Å². The molecular formula is C21H17NO7S2. The number of methoxy groups -OCH3 is 1. The zero-order chi connectivity index (χ0) is 22.7. The maximum Gasteiger partial charge on any atom is 0.335 e. The third kappa shape index (κ3) is 4.70. The molecule has 31 heavy (non-hydrogen) atoms. The van der Waals surface area contributed by atoms with Crippen molar-refractivity contribution >= 4 is 57.9 Å². The quantitative estimate of drug-likeness (QED) is 0.470. The van der Waals surface area contributed by atoms with Gasteiger partial charge in [-0.2, -0.15) is 0 Å². The van der Waals surface area contributed by atoms with Crippen molar-refractivity contribution in [3.63, 3.8) is 0 Å². The summed E-state index contributed by atoms with van der Waals surface area (Å²) in [5.41, 5.74) is 0.229. The van der Waals surface area contributed by atoms with E-state index in [1.165, 1.54) is 19.2 Å². The van der Waals surface area contributed by atoms with Crippen LogP contribution in [-0.4, -0.2) is 46.1 Å². The standard InChI is InChI=1S/C21H17NO7S2/c1-3-29-15-5-4-11(6-16(15)28-2)7-17-18(23)22(21(30)31-17)14-9-12(19(24)25)8-13(10-14)20(26)27/h4-10H,3H2,1-2H3,(H,24,25)(H,26,27)/b17-7-. The van der Waals surface area contributed by atoms with Crippen molar-refractivity contribution in [3.05, 3.63) is 58.0 Å². The molecule has 3 rings (SSSR count). The molecule has 8 nitrogen and oxygen atoms in total. The second-order valence-electron chi connectivity index (χ2n) is 6.24. The van der Waals surface area contributed by atoms with E-state index in [2.05, 4.69) is 0 Å². The highest BCUT2D eigenvalue weighted by Gasteiger charge is 2.34. The molecule has 160 valence electrons. The predicted molar refractivity (Wildman–Crippen MR) is 120 cm³/mol. The molecule has 2 aromatic carbocycles. The topological polar surface area (TPSA) is 113 Å². The summed E-state index contributed by atoms with van der Waals surface area (Å²) in [6.07, 6.45) is 1.62. The number of rotatable bonds is 7. The fourth-order valence-corrected chi connectivity index (χ4v) is 4.18. The van der Waals surface area contributed by atoms with Crippen molar-refractivity contribution in [2.45, 2.75) is 6.92 Å². The first-order valence-electron chi connectivity index (χ1n) is 8.95. The molecule has 1 saturated heterocycles. The van der Waals surface area contributed by atoms with E-state index in [9.17, 15) is 24.6 Å². The van der Waals surface area contributed by atoms with Gasteiger partial charge in [0.05, 0.1) is 35.4 Å². The zero-order valence-corrected chi connectivity index (χ0v) is 18.1. The number of benzene rings is 2. The summed E-state index contributed by atoms with van der Waals surface area (Å²) in [6, 6.07) is 8.64. The maximum absolute atomic E-state index is 13.0. The minimum absolute atomic E-state index is 0.0764. The van der Waals surface area contributed by atoms with Crippen LogP contribution in [0.25, 0.3) is 6.08 Å². The lowest BCUT2D eigenvalue weighted by Gasteiger charge is -2.16. The number of hydrogen-bond acceptors (Lipinski definition) is 7. The Balaban J connectivity index is 1.98. The summed E-state index contributed by atoms with van der Waals surface area (Å²) in [5, 5.41) is 18.6. The predicted octanol–water partition coefficient (Wildman–Crippen LogP) is 3.90. The molecule has 1 fully saturated rings. The average molecular weight is 460 g/mol. The third-order valence-electron chi connectivity index (χ3n) is 4.25. The normalized spacial score (nSPS) is 14.8. The highest BCUT2D eigenvalue weighted by atomic mass is 32.2. The third-order valence-corrected chi connectivity index (χ3v) is 5.55. The van der Waals surface area contributed by atoms with Gasteiger partial charge in [0.15, 0.2) is 15.8 Å². The summed E-state index contributed by atoms with van der Waals surface area (Å²) in [5.74, 6) is -2.03. The van der Waals surface area contributed by atoms with E-state index in [1.807, 2.05) is 6.92 Å². The Labute approximate surface area is 187 Å². The molecule has 10 heteroatoms. The first-order chi connectivity index (χ1) is 14.7. The van der Waals surface area contributed by atoms with Gasteiger partial charge in [-0.15, -0.1) is 0 Å². The number of thioether (sulfide) groups is 1. The largest absolute Gasteiger partial charge is 0.493 e. The van der Waals surface area contributed by atoms with E-state index in [-0.39, 0.29) is 21.1 Å². The highest BCUT2D eigenvalue weighted by Crippen LogP contribution is 2.38. The molecule has 1 amide bonds. The average Bonchev–Trinajstić information content (AvgIpc) is 3.01. The summed E-state index contributed by atoms with van der Waals surface area (Å²) < 4.78 is 11.0. The van der Waals surface area contributed by atoms with Gasteiger partial charge in [-0.1, -0.05) is 30.0 Å². The van der Waals surface area contributed by atoms with Crippen molar-refractivity contribution in [2.75, 3.05) is 18.6 Å². The molecule has 0 bridgehead atoms. The van der Waals surface area contributed by atoms with Gasteiger partial charge in [-0.25, -0.2) is 9.59 Å². The monoisotopic (exact) mass is 459 g/mol. The Morgan fingerprint density at radius 3 is 2.29 bits per heavy atom. The Morgan fingerprint density at radius 1 is 1.10 bits per heavy atom. The Morgan fingerprint density at radius 2 is 1.74 bits per heavy atom. The van der Waals surface area contributed by atoms with Gasteiger partial charge in [-0.3, -0.25) is 9.69 Å². The van der Waals surface area contributed by atoms with E-state index in [1.54, 1.807) is 24.3 Å². The van der Waals surface area contributed by atoms with Gasteiger partial charge >= 0.3 is 11.9 Å². The number of aromatic carboxylic acids is 2. The molecule has 2 aromatic rings. The van der Waals surface area contributed by atoms with Crippen LogP contribution in [0.2, 0.25) is 0 Å². The zero-order valence-electron chi connectivity index (χ0n) is 16.4. The molecule has 0 unspecified atom stereocenters. The second kappa shape index (κ2) is 9.19. The van der Waals surface area contributed by atoms with Crippen LogP contribution < -0.4 is 14.4 Å². The number of carbonyl (C=O) groups excluding carboxylic acids is 1. The summed E-state index contributed by atoms with van der Waals surface area (Å²) >= 11 is 6.33. The summed E-state index contributed by atoms with van der Waals surface area (Å²) in [6.45, 7) is 2.33. The summed E-state index contributed by atoms with van der Waals surface area (Å²) in [4.78, 5) is 37.2. The molecule has 1 aliphatic heterocycles.